The van der Waals surface area contributed by atoms with Crippen molar-refractivity contribution in [2.45, 2.75) is 31.6 Å². The number of fused-ring (bicyclic) bond motifs is 1. The summed E-state index contributed by atoms with van der Waals surface area (Å²) in [7, 11) is -8.68. The lowest BCUT2D eigenvalue weighted by atomic mass is 9.76. The maximum atomic E-state index is 11.2. The molecule has 0 saturated carbocycles. The zero-order chi connectivity index (χ0) is 24.1. The van der Waals surface area contributed by atoms with Crippen LogP contribution < -0.4 is 5.32 Å². The van der Waals surface area contributed by atoms with Gasteiger partial charge in [0.2, 0.25) is 5.69 Å². The Morgan fingerprint density at radius 2 is 1.52 bits per heavy atom. The van der Waals surface area contributed by atoms with Crippen LogP contribution in [0.1, 0.15) is 31.7 Å². The number of hydrogen-bond donors (Lipinski definition) is 1. The third kappa shape index (κ3) is 6.73. The van der Waals surface area contributed by atoms with Crippen LogP contribution in [0.3, 0.4) is 0 Å². The summed E-state index contributed by atoms with van der Waals surface area (Å²) in [4.78, 5) is 0. The number of para-hydroxylation sites is 2. The third-order valence-electron chi connectivity index (χ3n) is 5.76. The first-order valence-electron chi connectivity index (χ1n) is 10.6. The van der Waals surface area contributed by atoms with E-state index in [-0.39, 0.29) is 12.8 Å². The molecule has 3 rings (SSSR count). The normalized spacial score (nSPS) is 18.6. The van der Waals surface area contributed by atoms with Crippen LogP contribution in [0, 0.1) is 0 Å². The quantitative estimate of drug-likeness (QED) is 0.378. The van der Waals surface area contributed by atoms with Gasteiger partial charge in [-0.1, -0.05) is 36.4 Å². The van der Waals surface area contributed by atoms with Crippen molar-refractivity contribution in [2.24, 2.45) is 0 Å². The summed E-state index contributed by atoms with van der Waals surface area (Å²) in [6.07, 6.45) is 4.39. The van der Waals surface area contributed by atoms with E-state index >= 15 is 0 Å². The third-order valence-corrected chi connectivity index (χ3v) is 7.33. The van der Waals surface area contributed by atoms with Gasteiger partial charge in [0.15, 0.2) is 5.71 Å². The summed E-state index contributed by atoms with van der Waals surface area (Å²) in [5, 5.41) is 3.20. The Balaban J connectivity index is 1.98. The fourth-order valence-electron chi connectivity index (χ4n) is 4.27. The van der Waals surface area contributed by atoms with E-state index in [1.165, 1.54) is 0 Å². The first kappa shape index (κ1) is 25.1. The highest BCUT2D eigenvalue weighted by atomic mass is 32.2. The zero-order valence-electron chi connectivity index (χ0n) is 18.3. The van der Waals surface area contributed by atoms with Crippen LogP contribution in [0.5, 0.6) is 0 Å². The molecule has 0 spiro atoms. The van der Waals surface area contributed by atoms with Crippen LogP contribution in [-0.4, -0.2) is 54.3 Å². The molecule has 2 aromatic rings. The van der Waals surface area contributed by atoms with E-state index in [1.807, 2.05) is 72.2 Å². The minimum Gasteiger partial charge on any atom is -0.748 e. The molecule has 1 heterocycles. The first-order chi connectivity index (χ1) is 15.5. The standard InChI is InChI=1S/C23H28N2O6S2/c1-23(14-7-17-32(26,27)28)20-11-5-6-12-21(20)25(16-8-18-33(29,30)31)22(23)13-15-24-19-9-3-2-4-10-19/h2-6,9-13,15H,7-8,14,16-18H2,1H3,(H2,26,27,28,29,30,31)/p-1. The second-order valence-corrected chi connectivity index (χ2v) is 11.3. The molecule has 0 amide bonds. The molecule has 0 fully saturated rings. The number of rotatable bonds is 11. The molecular weight excluding hydrogens is 464 g/mol. The fourth-order valence-corrected chi connectivity index (χ4v) is 5.25. The lowest BCUT2D eigenvalue weighted by molar-refractivity contribution is -0.437. The molecule has 0 radical (unpaired) electrons. The largest absolute Gasteiger partial charge is 0.748 e. The second kappa shape index (κ2) is 10.2. The molecule has 1 aliphatic rings. The molecule has 0 bridgehead atoms. The van der Waals surface area contributed by atoms with Crippen molar-refractivity contribution < 1.29 is 30.5 Å². The summed E-state index contributed by atoms with van der Waals surface area (Å²) in [6, 6.07) is 17.1. The summed E-state index contributed by atoms with van der Waals surface area (Å²) < 4.78 is 68.9. The minimum absolute atomic E-state index is 0.147. The van der Waals surface area contributed by atoms with Gasteiger partial charge in [-0.25, -0.2) is 16.8 Å². The fraction of sp³-hybridized carbons (Fsp3) is 0.348. The highest BCUT2D eigenvalue weighted by Gasteiger charge is 2.47. The van der Waals surface area contributed by atoms with Crippen molar-refractivity contribution in [3.05, 3.63) is 72.4 Å². The predicted molar refractivity (Wildman–Crippen MR) is 126 cm³/mol. The molecule has 178 valence electrons. The molecule has 8 nitrogen and oxygen atoms in total. The van der Waals surface area contributed by atoms with Gasteiger partial charge in [-0.3, -0.25) is 0 Å². The lowest BCUT2D eigenvalue weighted by Crippen LogP contribution is -2.32. The van der Waals surface area contributed by atoms with E-state index in [9.17, 15) is 25.9 Å². The first-order valence-corrected chi connectivity index (χ1v) is 13.7. The van der Waals surface area contributed by atoms with Gasteiger partial charge in [0.1, 0.15) is 6.54 Å². The van der Waals surface area contributed by atoms with Crippen LogP contribution in [0.2, 0.25) is 0 Å². The van der Waals surface area contributed by atoms with E-state index in [2.05, 4.69) is 5.32 Å². The summed E-state index contributed by atoms with van der Waals surface area (Å²) in [6.45, 7) is 2.29. The number of nitrogens with zero attached hydrogens (tertiary/aromatic N) is 1. The van der Waals surface area contributed by atoms with Crippen molar-refractivity contribution in [3.63, 3.8) is 0 Å². The molecular formula is C23H27N2O6S2-. The monoisotopic (exact) mass is 491 g/mol. The number of allylic oxidation sites excluding steroid dienone is 1. The minimum atomic E-state index is -4.34. The topological polar surface area (TPSA) is 129 Å². The van der Waals surface area contributed by atoms with Crippen LogP contribution in [-0.2, 0) is 25.7 Å². The summed E-state index contributed by atoms with van der Waals surface area (Å²) >= 11 is 0. The zero-order valence-corrected chi connectivity index (χ0v) is 19.9. The Kier molecular flexibility index (Phi) is 7.73. The van der Waals surface area contributed by atoms with E-state index in [0.29, 0.717) is 13.0 Å². The molecule has 1 aliphatic heterocycles. The Morgan fingerprint density at radius 3 is 2.18 bits per heavy atom. The Hall–Kier alpha value is -2.53. The lowest BCUT2D eigenvalue weighted by Gasteiger charge is -2.23. The van der Waals surface area contributed by atoms with Crippen molar-refractivity contribution in [2.75, 3.05) is 23.4 Å². The van der Waals surface area contributed by atoms with E-state index in [1.54, 1.807) is 6.20 Å². The highest BCUT2D eigenvalue weighted by molar-refractivity contribution is 7.85. The van der Waals surface area contributed by atoms with Gasteiger partial charge < -0.3 is 14.4 Å². The van der Waals surface area contributed by atoms with Crippen molar-refractivity contribution in [1.29, 1.82) is 0 Å². The predicted octanol–water partition coefficient (Wildman–Crippen LogP) is 2.93. The average molecular weight is 492 g/mol. The van der Waals surface area contributed by atoms with Crippen LogP contribution in [0.4, 0.5) is 11.4 Å². The van der Waals surface area contributed by atoms with Gasteiger partial charge >= 0.3 is 0 Å². The molecule has 10 heteroatoms. The molecule has 1 atom stereocenters. The molecule has 2 aromatic carbocycles. The van der Waals surface area contributed by atoms with E-state index < -0.39 is 37.2 Å². The van der Waals surface area contributed by atoms with Crippen molar-refractivity contribution in [1.82, 2.24) is 0 Å². The molecule has 1 N–H and O–H groups in total. The Morgan fingerprint density at radius 1 is 0.909 bits per heavy atom. The van der Waals surface area contributed by atoms with Gasteiger partial charge in [-0.2, -0.15) is 4.58 Å². The smallest absolute Gasteiger partial charge is 0.209 e. The molecule has 33 heavy (non-hydrogen) atoms. The SMILES string of the molecule is CC1(CCCS(=O)(=O)[O-])C(/C=C/Nc2ccccc2)=[N+](CCCS(=O)(=O)[O-])c2ccccc21. The molecule has 0 saturated heterocycles. The van der Waals surface area contributed by atoms with E-state index in [0.717, 1.165) is 22.6 Å². The van der Waals surface area contributed by atoms with Crippen molar-refractivity contribution in [3.8, 4) is 0 Å². The van der Waals surface area contributed by atoms with Gasteiger partial charge in [0.25, 0.3) is 0 Å². The van der Waals surface area contributed by atoms with Crippen LogP contribution in [0.15, 0.2) is 66.9 Å². The maximum absolute atomic E-state index is 11.2. The second-order valence-electron chi connectivity index (χ2n) is 8.21. The van der Waals surface area contributed by atoms with Crippen molar-refractivity contribution >= 4 is 37.3 Å². The van der Waals surface area contributed by atoms with Gasteiger partial charge in [-0.15, -0.1) is 0 Å². The van der Waals surface area contributed by atoms with E-state index in [4.69, 9.17) is 0 Å². The molecule has 0 aliphatic carbocycles. The van der Waals surface area contributed by atoms with Gasteiger partial charge in [-0.05, 0) is 31.9 Å². The Bertz CT molecular complexity index is 1250. The summed E-state index contributed by atoms with van der Waals surface area (Å²) in [5.41, 5.74) is 2.93. The van der Waals surface area contributed by atoms with Gasteiger partial charge in [0, 0.05) is 47.5 Å². The van der Waals surface area contributed by atoms with Gasteiger partial charge in [0.05, 0.1) is 25.7 Å². The summed E-state index contributed by atoms with van der Waals surface area (Å²) in [5.74, 6) is -0.936. The number of benzene rings is 2. The van der Waals surface area contributed by atoms with Crippen LogP contribution in [0.25, 0.3) is 0 Å². The highest BCUT2D eigenvalue weighted by Crippen LogP contribution is 2.43. The molecule has 1 unspecified atom stereocenters. The van der Waals surface area contributed by atoms with Crippen LogP contribution >= 0.6 is 0 Å². The number of hydrogen-bond acceptors (Lipinski definition) is 7. The average Bonchev–Trinajstić information content (AvgIpc) is 2.96. The number of anilines is 1. The Labute approximate surface area is 195 Å². The number of nitrogens with one attached hydrogen (secondary N) is 1. The maximum Gasteiger partial charge on any atom is 0.209 e. The molecule has 0 aromatic heterocycles.